The van der Waals surface area contributed by atoms with Gasteiger partial charge in [-0.2, -0.15) is 0 Å². The van der Waals surface area contributed by atoms with Crippen LogP contribution in [0, 0.1) is 6.92 Å². The zero-order valence-corrected chi connectivity index (χ0v) is 10.7. The van der Waals surface area contributed by atoms with Crippen molar-refractivity contribution < 1.29 is 0 Å². The van der Waals surface area contributed by atoms with E-state index in [9.17, 15) is 0 Å². The van der Waals surface area contributed by atoms with Crippen molar-refractivity contribution in [2.24, 2.45) is 0 Å². The van der Waals surface area contributed by atoms with Gasteiger partial charge < -0.3 is 5.32 Å². The fourth-order valence-corrected chi connectivity index (χ4v) is 2.60. The summed E-state index contributed by atoms with van der Waals surface area (Å²) >= 11 is 5.02. The van der Waals surface area contributed by atoms with Gasteiger partial charge in [-0.15, -0.1) is 21.5 Å². The Hall–Kier alpha value is -1.01. The molecule has 0 bridgehead atoms. The smallest absolute Gasteiger partial charge is 0.157 e. The molecule has 0 saturated carbocycles. The normalized spacial score (nSPS) is 10.3. The van der Waals surface area contributed by atoms with Crippen molar-refractivity contribution >= 4 is 33.1 Å². The first-order valence-corrected chi connectivity index (χ1v) is 6.01. The minimum absolute atomic E-state index is 0.665. The molecular weight excluding hydrogens is 276 g/mol. The molecule has 0 spiro atoms. The Bertz CT molecular complexity index is 483. The third-order valence-corrected chi connectivity index (χ3v) is 3.53. The van der Waals surface area contributed by atoms with Gasteiger partial charge in [0.15, 0.2) is 5.82 Å². The van der Waals surface area contributed by atoms with E-state index in [2.05, 4.69) is 36.4 Å². The van der Waals surface area contributed by atoms with E-state index in [-0.39, 0.29) is 0 Å². The first-order valence-electron chi connectivity index (χ1n) is 4.34. The van der Waals surface area contributed by atoms with Gasteiger partial charge in [0.25, 0.3) is 0 Å². The highest BCUT2D eigenvalue weighted by Gasteiger charge is 2.10. The Labute approximate surface area is 99.9 Å². The predicted octanol–water partition coefficient (Wildman–Crippen LogP) is 2.71. The molecule has 0 unspecified atom stereocenters. The summed E-state index contributed by atoms with van der Waals surface area (Å²) < 4.78 is 1.05. The maximum absolute atomic E-state index is 4.28. The van der Waals surface area contributed by atoms with Crippen LogP contribution in [0.5, 0.6) is 0 Å². The summed E-state index contributed by atoms with van der Waals surface area (Å²) in [5, 5.41) is 13.1. The third-order valence-electron chi connectivity index (χ3n) is 1.83. The molecule has 1 N–H and O–H groups in total. The zero-order chi connectivity index (χ0) is 10.8. The standard InChI is InChI=1S/C9H9BrN4S/c1-5-12-9(11-2)8(14-13-5)7-3-6(10)4-15-7/h3-4H,1-2H3,(H,11,12,13). The van der Waals surface area contributed by atoms with Crippen LogP contribution < -0.4 is 5.32 Å². The quantitative estimate of drug-likeness (QED) is 0.921. The highest BCUT2D eigenvalue weighted by Crippen LogP contribution is 2.31. The van der Waals surface area contributed by atoms with Gasteiger partial charge in [0, 0.05) is 16.9 Å². The van der Waals surface area contributed by atoms with Crippen LogP contribution in [0.3, 0.4) is 0 Å². The van der Waals surface area contributed by atoms with E-state index in [4.69, 9.17) is 0 Å². The number of aryl methyl sites for hydroxylation is 1. The first kappa shape index (κ1) is 10.5. The minimum atomic E-state index is 0.665. The molecule has 0 amide bonds. The van der Waals surface area contributed by atoms with E-state index >= 15 is 0 Å². The monoisotopic (exact) mass is 284 g/mol. The molecule has 0 atom stereocenters. The van der Waals surface area contributed by atoms with Gasteiger partial charge >= 0.3 is 0 Å². The van der Waals surface area contributed by atoms with Crippen molar-refractivity contribution in [3.8, 4) is 10.6 Å². The highest BCUT2D eigenvalue weighted by atomic mass is 79.9. The van der Waals surface area contributed by atoms with Gasteiger partial charge in [0.1, 0.15) is 11.5 Å². The summed E-state index contributed by atoms with van der Waals surface area (Å²) in [5.41, 5.74) is 0.791. The Morgan fingerprint density at radius 1 is 1.40 bits per heavy atom. The molecule has 78 valence electrons. The second-order valence-corrected chi connectivity index (χ2v) is 4.76. The Kier molecular flexibility index (Phi) is 2.97. The SMILES string of the molecule is CNc1nc(C)nnc1-c1cc(Br)cs1. The number of anilines is 1. The summed E-state index contributed by atoms with van der Waals surface area (Å²) in [6.45, 7) is 1.82. The molecular formula is C9H9BrN4S. The molecule has 15 heavy (non-hydrogen) atoms. The lowest BCUT2D eigenvalue weighted by molar-refractivity contribution is 0.918. The minimum Gasteiger partial charge on any atom is -0.371 e. The maximum Gasteiger partial charge on any atom is 0.157 e. The maximum atomic E-state index is 4.28. The molecule has 0 aliphatic carbocycles. The van der Waals surface area contributed by atoms with Crippen LogP contribution in [-0.2, 0) is 0 Å². The number of nitrogens with one attached hydrogen (secondary N) is 1. The third kappa shape index (κ3) is 2.15. The van der Waals surface area contributed by atoms with Gasteiger partial charge in [-0.05, 0) is 28.9 Å². The molecule has 0 saturated heterocycles. The second kappa shape index (κ2) is 4.24. The van der Waals surface area contributed by atoms with Crippen molar-refractivity contribution in [3.63, 3.8) is 0 Å². The van der Waals surface area contributed by atoms with Crippen LogP contribution in [0.1, 0.15) is 5.82 Å². The number of thiophene rings is 1. The van der Waals surface area contributed by atoms with Crippen LogP contribution in [-0.4, -0.2) is 22.2 Å². The Balaban J connectivity index is 2.52. The molecule has 2 rings (SSSR count). The summed E-state index contributed by atoms with van der Waals surface area (Å²) in [6.07, 6.45) is 0. The van der Waals surface area contributed by atoms with Gasteiger partial charge in [-0.25, -0.2) is 4.98 Å². The molecule has 4 nitrogen and oxygen atoms in total. The lowest BCUT2D eigenvalue weighted by Gasteiger charge is -2.04. The van der Waals surface area contributed by atoms with Crippen molar-refractivity contribution in [3.05, 3.63) is 21.7 Å². The molecule has 0 radical (unpaired) electrons. The number of rotatable bonds is 2. The van der Waals surface area contributed by atoms with E-state index in [1.54, 1.807) is 11.3 Å². The number of aromatic nitrogens is 3. The van der Waals surface area contributed by atoms with E-state index in [0.29, 0.717) is 5.82 Å². The van der Waals surface area contributed by atoms with Gasteiger partial charge in [-0.1, -0.05) is 0 Å². The molecule has 0 aliphatic heterocycles. The molecule has 2 aromatic rings. The fourth-order valence-electron chi connectivity index (χ4n) is 1.18. The second-order valence-electron chi connectivity index (χ2n) is 2.94. The average Bonchev–Trinajstić information content (AvgIpc) is 2.64. The number of hydrogen-bond acceptors (Lipinski definition) is 5. The molecule has 2 aromatic heterocycles. The molecule has 0 fully saturated rings. The largest absolute Gasteiger partial charge is 0.371 e. The summed E-state index contributed by atoms with van der Waals surface area (Å²) in [7, 11) is 1.83. The Morgan fingerprint density at radius 3 is 2.80 bits per heavy atom. The number of hydrogen-bond donors (Lipinski definition) is 1. The van der Waals surface area contributed by atoms with Crippen LogP contribution in [0.2, 0.25) is 0 Å². The van der Waals surface area contributed by atoms with Crippen molar-refractivity contribution in [1.82, 2.24) is 15.2 Å². The van der Waals surface area contributed by atoms with Crippen molar-refractivity contribution in [2.75, 3.05) is 12.4 Å². The predicted molar refractivity (Wildman–Crippen MR) is 65.1 cm³/mol. The lowest BCUT2D eigenvalue weighted by Crippen LogP contribution is -2.01. The van der Waals surface area contributed by atoms with Crippen LogP contribution in [0.4, 0.5) is 5.82 Å². The number of nitrogens with zero attached hydrogens (tertiary/aromatic N) is 3. The van der Waals surface area contributed by atoms with Gasteiger partial charge in [-0.3, -0.25) is 0 Å². The highest BCUT2D eigenvalue weighted by molar-refractivity contribution is 9.10. The van der Waals surface area contributed by atoms with Crippen LogP contribution in [0.15, 0.2) is 15.9 Å². The topological polar surface area (TPSA) is 50.7 Å². The first-order chi connectivity index (χ1) is 7.20. The Morgan fingerprint density at radius 2 is 2.20 bits per heavy atom. The van der Waals surface area contributed by atoms with E-state index in [0.717, 1.165) is 20.9 Å². The average molecular weight is 285 g/mol. The van der Waals surface area contributed by atoms with Crippen LogP contribution >= 0.6 is 27.3 Å². The fraction of sp³-hybridized carbons (Fsp3) is 0.222. The van der Waals surface area contributed by atoms with Crippen LogP contribution in [0.25, 0.3) is 10.6 Å². The molecule has 2 heterocycles. The van der Waals surface area contributed by atoms with Gasteiger partial charge in [0.05, 0.1) is 4.88 Å². The van der Waals surface area contributed by atoms with Crippen molar-refractivity contribution in [2.45, 2.75) is 6.92 Å². The van der Waals surface area contributed by atoms with E-state index in [1.165, 1.54) is 0 Å². The molecule has 0 aromatic carbocycles. The van der Waals surface area contributed by atoms with E-state index < -0.39 is 0 Å². The molecule has 0 aliphatic rings. The summed E-state index contributed by atoms with van der Waals surface area (Å²) in [6, 6.07) is 2.01. The van der Waals surface area contributed by atoms with Gasteiger partial charge in [0.2, 0.25) is 0 Å². The summed E-state index contributed by atoms with van der Waals surface area (Å²) in [5.74, 6) is 1.43. The zero-order valence-electron chi connectivity index (χ0n) is 8.28. The lowest BCUT2D eigenvalue weighted by atomic mass is 10.3. The van der Waals surface area contributed by atoms with E-state index in [1.807, 2.05) is 25.4 Å². The molecule has 6 heteroatoms. The van der Waals surface area contributed by atoms with Crippen molar-refractivity contribution in [1.29, 1.82) is 0 Å². The summed E-state index contributed by atoms with van der Waals surface area (Å²) in [4.78, 5) is 5.33. The number of halogens is 1.